The number of nitrogens with one attached hydrogen (secondary N) is 1. The highest BCUT2D eigenvalue weighted by Gasteiger charge is 2.29. The van der Waals surface area contributed by atoms with Gasteiger partial charge in [-0.05, 0) is 18.2 Å². The largest absolute Gasteiger partial charge is 0.302 e. The highest BCUT2D eigenvalue weighted by atomic mass is 32.2. The Morgan fingerprint density at radius 2 is 1.97 bits per heavy atom. The number of anilines is 1. The highest BCUT2D eigenvalue weighted by Crippen LogP contribution is 2.31. The topological polar surface area (TPSA) is 111 Å². The monoisotopic (exact) mass is 478 g/mol. The number of thiazole rings is 1. The number of thioether (sulfide) groups is 1. The van der Waals surface area contributed by atoms with Gasteiger partial charge in [-0.2, -0.15) is 0 Å². The van der Waals surface area contributed by atoms with E-state index in [1.165, 1.54) is 35.2 Å². The van der Waals surface area contributed by atoms with Crippen molar-refractivity contribution in [1.82, 2.24) is 14.5 Å². The van der Waals surface area contributed by atoms with Crippen molar-refractivity contribution in [3.05, 3.63) is 40.3 Å². The van der Waals surface area contributed by atoms with E-state index in [-0.39, 0.29) is 28.3 Å². The summed E-state index contributed by atoms with van der Waals surface area (Å²) in [6.45, 7) is 6.28. The Kier molecular flexibility index (Phi) is 5.47. The number of hydrogen-bond acceptors (Lipinski definition) is 8. The van der Waals surface area contributed by atoms with Crippen molar-refractivity contribution >= 4 is 54.2 Å². The molecule has 0 fully saturated rings. The standard InChI is InChI=1S/C20H22N4O4S3/c1-20(2,3)15-8-16(25)24-9-11(10-29-19(24)22-15)17(26)23-18-21-13-6-5-12(31(4,27)28)7-14(13)30-18/h5-8,11H,9-10H2,1-4H3,(H,21,23,26). The second kappa shape index (κ2) is 7.72. The normalized spacial score (nSPS) is 16.8. The van der Waals surface area contributed by atoms with E-state index in [0.29, 0.717) is 26.3 Å². The van der Waals surface area contributed by atoms with E-state index in [1.54, 1.807) is 16.7 Å². The average molecular weight is 479 g/mol. The molecule has 3 heterocycles. The molecule has 0 aliphatic carbocycles. The lowest BCUT2D eigenvalue weighted by Crippen LogP contribution is -2.37. The zero-order valence-electron chi connectivity index (χ0n) is 17.5. The predicted molar refractivity (Wildman–Crippen MR) is 123 cm³/mol. The Hall–Kier alpha value is -2.24. The molecule has 4 rings (SSSR count). The van der Waals surface area contributed by atoms with Crippen molar-refractivity contribution in [2.75, 3.05) is 17.3 Å². The summed E-state index contributed by atoms with van der Waals surface area (Å²) < 4.78 is 25.7. The maximum absolute atomic E-state index is 12.8. The molecular formula is C20H22N4O4S3. The zero-order valence-corrected chi connectivity index (χ0v) is 19.9. The molecule has 164 valence electrons. The molecule has 2 aromatic heterocycles. The first-order chi connectivity index (χ1) is 14.4. The van der Waals surface area contributed by atoms with Crippen LogP contribution in [0.1, 0.15) is 26.5 Å². The molecule has 1 amide bonds. The van der Waals surface area contributed by atoms with Gasteiger partial charge < -0.3 is 5.32 Å². The van der Waals surface area contributed by atoms with Crippen LogP contribution in [0.15, 0.2) is 39.1 Å². The number of nitrogens with zero attached hydrogens (tertiary/aromatic N) is 3. The molecule has 1 unspecified atom stereocenters. The van der Waals surface area contributed by atoms with Gasteiger partial charge in [0.15, 0.2) is 20.1 Å². The minimum Gasteiger partial charge on any atom is -0.302 e. The van der Waals surface area contributed by atoms with E-state index in [4.69, 9.17) is 0 Å². The van der Waals surface area contributed by atoms with Gasteiger partial charge in [0, 0.05) is 30.0 Å². The second-order valence-electron chi connectivity index (χ2n) is 8.54. The number of carbonyl (C=O) groups excluding carboxylic acids is 1. The number of amides is 1. The van der Waals surface area contributed by atoms with Crippen molar-refractivity contribution in [1.29, 1.82) is 0 Å². The van der Waals surface area contributed by atoms with Crippen molar-refractivity contribution < 1.29 is 13.2 Å². The van der Waals surface area contributed by atoms with Gasteiger partial charge in [0.1, 0.15) is 0 Å². The molecule has 1 aliphatic heterocycles. The van der Waals surface area contributed by atoms with Gasteiger partial charge in [-0.15, -0.1) is 0 Å². The summed E-state index contributed by atoms with van der Waals surface area (Å²) in [6, 6.07) is 6.23. The summed E-state index contributed by atoms with van der Waals surface area (Å²) in [6.07, 6.45) is 1.15. The Morgan fingerprint density at radius 1 is 1.23 bits per heavy atom. The molecule has 8 nitrogen and oxygen atoms in total. The second-order valence-corrected chi connectivity index (χ2v) is 12.6. The minimum absolute atomic E-state index is 0.159. The van der Waals surface area contributed by atoms with Crippen LogP contribution < -0.4 is 10.9 Å². The SMILES string of the molecule is CC(C)(C)c1cc(=O)n2c(n1)SCC(C(=O)Nc1nc3ccc(S(C)(=O)=O)cc3s1)C2. The van der Waals surface area contributed by atoms with Gasteiger partial charge in [0.05, 0.1) is 26.7 Å². The van der Waals surface area contributed by atoms with Crippen molar-refractivity contribution in [2.45, 2.75) is 42.8 Å². The van der Waals surface area contributed by atoms with Crippen LogP contribution in [0.5, 0.6) is 0 Å². The molecule has 0 saturated heterocycles. The van der Waals surface area contributed by atoms with E-state index in [9.17, 15) is 18.0 Å². The van der Waals surface area contributed by atoms with E-state index < -0.39 is 15.8 Å². The van der Waals surface area contributed by atoms with Gasteiger partial charge in [0.2, 0.25) is 5.91 Å². The molecule has 1 N–H and O–H groups in total. The van der Waals surface area contributed by atoms with E-state index >= 15 is 0 Å². The summed E-state index contributed by atoms with van der Waals surface area (Å²) in [5, 5.41) is 3.85. The van der Waals surface area contributed by atoms with Crippen LogP contribution >= 0.6 is 23.1 Å². The lowest BCUT2D eigenvalue weighted by atomic mass is 9.92. The maximum atomic E-state index is 12.8. The van der Waals surface area contributed by atoms with Crippen LogP contribution in [0.2, 0.25) is 0 Å². The van der Waals surface area contributed by atoms with Crippen LogP contribution in [0.4, 0.5) is 5.13 Å². The van der Waals surface area contributed by atoms with Crippen molar-refractivity contribution in [3.8, 4) is 0 Å². The van der Waals surface area contributed by atoms with E-state index in [2.05, 4.69) is 15.3 Å². The van der Waals surface area contributed by atoms with Gasteiger partial charge >= 0.3 is 0 Å². The lowest BCUT2D eigenvalue weighted by Gasteiger charge is -2.26. The molecule has 31 heavy (non-hydrogen) atoms. The molecule has 1 atom stereocenters. The summed E-state index contributed by atoms with van der Waals surface area (Å²) >= 11 is 2.62. The Labute approximate surface area is 188 Å². The van der Waals surface area contributed by atoms with Crippen LogP contribution in [-0.2, 0) is 26.6 Å². The number of rotatable bonds is 3. The first kappa shape index (κ1) is 22.0. The fraction of sp³-hybridized carbons (Fsp3) is 0.400. The van der Waals surface area contributed by atoms with Crippen molar-refractivity contribution in [2.24, 2.45) is 5.92 Å². The molecule has 0 radical (unpaired) electrons. The van der Waals surface area contributed by atoms with E-state index in [0.717, 1.165) is 11.9 Å². The van der Waals surface area contributed by atoms with Crippen LogP contribution in [0.3, 0.4) is 0 Å². The van der Waals surface area contributed by atoms with Crippen LogP contribution in [0, 0.1) is 5.92 Å². The Morgan fingerprint density at radius 3 is 2.65 bits per heavy atom. The third-order valence-corrected chi connectivity index (χ3v) is 8.13. The molecule has 0 bridgehead atoms. The smallest absolute Gasteiger partial charge is 0.254 e. The van der Waals surface area contributed by atoms with Gasteiger partial charge in [-0.1, -0.05) is 43.9 Å². The first-order valence-corrected chi connectivity index (χ1v) is 13.3. The van der Waals surface area contributed by atoms with Crippen LogP contribution in [0.25, 0.3) is 10.2 Å². The summed E-state index contributed by atoms with van der Waals surface area (Å²) in [4.78, 5) is 34.6. The highest BCUT2D eigenvalue weighted by molar-refractivity contribution is 7.99. The number of benzene rings is 1. The Balaban J connectivity index is 1.53. The molecule has 11 heteroatoms. The minimum atomic E-state index is -3.32. The third kappa shape index (κ3) is 4.53. The number of carbonyl (C=O) groups is 1. The van der Waals surface area contributed by atoms with Gasteiger partial charge in [-0.3, -0.25) is 14.2 Å². The molecule has 1 aliphatic rings. The number of hydrogen-bond donors (Lipinski definition) is 1. The molecule has 1 aromatic carbocycles. The molecule has 0 saturated carbocycles. The maximum Gasteiger partial charge on any atom is 0.254 e. The van der Waals surface area contributed by atoms with Gasteiger partial charge in [0.25, 0.3) is 5.56 Å². The van der Waals surface area contributed by atoms with Crippen molar-refractivity contribution in [3.63, 3.8) is 0 Å². The number of fused-ring (bicyclic) bond motifs is 2. The summed E-state index contributed by atoms with van der Waals surface area (Å²) in [7, 11) is -3.32. The third-order valence-electron chi connectivity index (χ3n) is 4.95. The first-order valence-electron chi connectivity index (χ1n) is 9.58. The zero-order chi connectivity index (χ0) is 22.6. The quantitative estimate of drug-likeness (QED) is 0.576. The Bertz CT molecular complexity index is 1350. The summed E-state index contributed by atoms with van der Waals surface area (Å²) in [5.74, 6) is -0.127. The predicted octanol–water partition coefficient (Wildman–Crippen LogP) is 2.91. The van der Waals surface area contributed by atoms with Crippen LogP contribution in [-0.4, -0.2) is 40.9 Å². The van der Waals surface area contributed by atoms with Gasteiger partial charge in [-0.25, -0.2) is 18.4 Å². The number of aromatic nitrogens is 3. The average Bonchev–Trinajstić information content (AvgIpc) is 3.07. The fourth-order valence-electron chi connectivity index (χ4n) is 3.15. The lowest BCUT2D eigenvalue weighted by molar-refractivity contribution is -0.119. The number of sulfone groups is 1. The molecule has 0 spiro atoms. The molecular weight excluding hydrogens is 456 g/mol. The molecule has 3 aromatic rings. The summed E-state index contributed by atoms with van der Waals surface area (Å²) in [5.41, 5.74) is 0.967. The van der Waals surface area contributed by atoms with E-state index in [1.807, 2.05) is 20.8 Å². The fourth-order valence-corrected chi connectivity index (χ4v) is 5.87.